The summed E-state index contributed by atoms with van der Waals surface area (Å²) >= 11 is 0. The first-order valence-corrected chi connectivity index (χ1v) is 6.66. The molecule has 2 aromatic rings. The lowest BCUT2D eigenvalue weighted by atomic mass is 9.96. The Hall–Kier alpha value is -3.14. The quantitative estimate of drug-likeness (QED) is 0.752. The van der Waals surface area contributed by atoms with E-state index in [0.717, 1.165) is 11.1 Å². The van der Waals surface area contributed by atoms with E-state index < -0.39 is 11.9 Å². The average molecular weight is 290 g/mol. The van der Waals surface area contributed by atoms with Crippen LogP contribution in [0.4, 0.5) is 0 Å². The van der Waals surface area contributed by atoms with E-state index in [1.54, 1.807) is 24.3 Å². The van der Waals surface area contributed by atoms with Crippen LogP contribution in [0.3, 0.4) is 0 Å². The number of cyclic esters (lactones) is 2. The van der Waals surface area contributed by atoms with E-state index in [9.17, 15) is 9.59 Å². The molecule has 0 saturated carbocycles. The van der Waals surface area contributed by atoms with E-state index in [-0.39, 0.29) is 0 Å². The molecular weight excluding hydrogens is 280 g/mol. The number of benzene rings is 2. The zero-order valence-corrected chi connectivity index (χ0v) is 11.5. The summed E-state index contributed by atoms with van der Waals surface area (Å²) < 4.78 is 10.0. The predicted octanol–water partition coefficient (Wildman–Crippen LogP) is 3.64. The Labute approximate surface area is 126 Å². The SMILES string of the molecule is C=C1OC(=O)c2cc(-c3ccc4c(c3)C(=O)OC4=C)ccc21. The fourth-order valence-corrected chi connectivity index (χ4v) is 2.72. The molecule has 0 saturated heterocycles. The second-order valence-electron chi connectivity index (χ2n) is 5.15. The first-order valence-electron chi connectivity index (χ1n) is 6.66. The third kappa shape index (κ3) is 1.64. The Balaban J connectivity index is 1.84. The average Bonchev–Trinajstić information content (AvgIpc) is 2.96. The van der Waals surface area contributed by atoms with Gasteiger partial charge in [0, 0.05) is 11.1 Å². The summed E-state index contributed by atoms with van der Waals surface area (Å²) in [6.45, 7) is 7.40. The Morgan fingerprint density at radius 1 is 0.636 bits per heavy atom. The van der Waals surface area contributed by atoms with E-state index in [1.165, 1.54) is 0 Å². The molecule has 0 aromatic heterocycles. The molecule has 0 spiro atoms. The van der Waals surface area contributed by atoms with Crippen molar-refractivity contribution >= 4 is 23.5 Å². The van der Waals surface area contributed by atoms with Crippen molar-refractivity contribution in [1.82, 2.24) is 0 Å². The maximum Gasteiger partial charge on any atom is 0.344 e. The number of ether oxygens (including phenoxy) is 2. The van der Waals surface area contributed by atoms with Crippen molar-refractivity contribution in [2.75, 3.05) is 0 Å². The van der Waals surface area contributed by atoms with Gasteiger partial charge in [0.05, 0.1) is 11.1 Å². The molecule has 2 aromatic carbocycles. The molecule has 0 N–H and O–H groups in total. The van der Waals surface area contributed by atoms with Gasteiger partial charge >= 0.3 is 11.9 Å². The molecule has 0 unspecified atom stereocenters. The first-order chi connectivity index (χ1) is 10.5. The zero-order chi connectivity index (χ0) is 15.4. The molecule has 0 amide bonds. The summed E-state index contributed by atoms with van der Waals surface area (Å²) in [7, 11) is 0. The van der Waals surface area contributed by atoms with E-state index in [1.807, 2.05) is 12.1 Å². The van der Waals surface area contributed by atoms with Gasteiger partial charge < -0.3 is 9.47 Å². The maximum atomic E-state index is 11.8. The molecule has 106 valence electrons. The molecule has 2 aliphatic heterocycles. The second-order valence-corrected chi connectivity index (χ2v) is 5.15. The molecular formula is C18H10O4. The summed E-state index contributed by atoms with van der Waals surface area (Å²) in [4.78, 5) is 23.5. The third-order valence-corrected chi connectivity index (χ3v) is 3.84. The van der Waals surface area contributed by atoms with Gasteiger partial charge in [-0.05, 0) is 35.4 Å². The zero-order valence-electron chi connectivity index (χ0n) is 11.5. The maximum absolute atomic E-state index is 11.8. The number of fused-ring (bicyclic) bond motifs is 2. The standard InChI is InChI=1S/C18H10O4/c1-9-13-5-3-11(7-15(13)17(19)21-9)12-4-6-14-10(2)22-18(20)16(14)8-12/h3-8H,1-2H2. The van der Waals surface area contributed by atoms with Gasteiger partial charge in [-0.1, -0.05) is 25.3 Å². The van der Waals surface area contributed by atoms with Crippen molar-refractivity contribution in [1.29, 1.82) is 0 Å². The molecule has 0 atom stereocenters. The minimum absolute atomic E-state index is 0.361. The highest BCUT2D eigenvalue weighted by molar-refractivity contribution is 6.05. The van der Waals surface area contributed by atoms with Crippen LogP contribution in [-0.4, -0.2) is 11.9 Å². The smallest absolute Gasteiger partial charge is 0.344 e. The minimum Gasteiger partial charge on any atom is -0.423 e. The van der Waals surface area contributed by atoms with Crippen molar-refractivity contribution < 1.29 is 19.1 Å². The molecule has 0 aliphatic carbocycles. The van der Waals surface area contributed by atoms with Crippen LogP contribution in [0.5, 0.6) is 0 Å². The summed E-state index contributed by atoms with van der Waals surface area (Å²) in [5, 5.41) is 0. The number of rotatable bonds is 1. The van der Waals surface area contributed by atoms with Crippen LogP contribution in [0, 0.1) is 0 Å². The molecule has 2 aliphatic rings. The van der Waals surface area contributed by atoms with Crippen molar-refractivity contribution in [3.63, 3.8) is 0 Å². The Morgan fingerprint density at radius 2 is 1.05 bits per heavy atom. The summed E-state index contributed by atoms with van der Waals surface area (Å²) in [5.41, 5.74) is 3.99. The molecule has 0 fully saturated rings. The highest BCUT2D eigenvalue weighted by Gasteiger charge is 2.27. The molecule has 2 heterocycles. The highest BCUT2D eigenvalue weighted by Crippen LogP contribution is 2.35. The molecule has 4 rings (SSSR count). The number of hydrogen-bond acceptors (Lipinski definition) is 4. The van der Waals surface area contributed by atoms with Crippen LogP contribution < -0.4 is 0 Å². The normalized spacial score (nSPS) is 15.5. The van der Waals surface area contributed by atoms with Crippen LogP contribution in [0.15, 0.2) is 49.6 Å². The summed E-state index contributed by atoms with van der Waals surface area (Å²) in [6.07, 6.45) is 0. The van der Waals surface area contributed by atoms with Crippen LogP contribution in [-0.2, 0) is 9.47 Å². The van der Waals surface area contributed by atoms with Crippen LogP contribution in [0.25, 0.3) is 22.6 Å². The molecule has 4 heteroatoms. The van der Waals surface area contributed by atoms with Gasteiger partial charge in [-0.15, -0.1) is 0 Å². The Kier molecular flexibility index (Phi) is 2.39. The van der Waals surface area contributed by atoms with Gasteiger partial charge in [0.1, 0.15) is 11.5 Å². The van der Waals surface area contributed by atoms with Crippen LogP contribution in [0.1, 0.15) is 31.8 Å². The van der Waals surface area contributed by atoms with Crippen LogP contribution >= 0.6 is 0 Å². The topological polar surface area (TPSA) is 52.6 Å². The lowest BCUT2D eigenvalue weighted by Crippen LogP contribution is -1.95. The Bertz CT molecular complexity index is 830. The first kappa shape index (κ1) is 12.6. The fourth-order valence-electron chi connectivity index (χ4n) is 2.72. The number of carbonyl (C=O) groups excluding carboxylic acids is 2. The van der Waals surface area contributed by atoms with Gasteiger partial charge in [-0.2, -0.15) is 0 Å². The fraction of sp³-hybridized carbons (Fsp3) is 0. The van der Waals surface area contributed by atoms with Gasteiger partial charge in [0.25, 0.3) is 0 Å². The molecule has 4 nitrogen and oxygen atoms in total. The monoisotopic (exact) mass is 290 g/mol. The van der Waals surface area contributed by atoms with Crippen molar-refractivity contribution in [3.05, 3.63) is 71.8 Å². The van der Waals surface area contributed by atoms with E-state index in [0.29, 0.717) is 33.8 Å². The van der Waals surface area contributed by atoms with Gasteiger partial charge in [-0.3, -0.25) is 0 Å². The largest absolute Gasteiger partial charge is 0.423 e. The van der Waals surface area contributed by atoms with E-state index >= 15 is 0 Å². The van der Waals surface area contributed by atoms with Gasteiger partial charge in [0.2, 0.25) is 0 Å². The predicted molar refractivity (Wildman–Crippen MR) is 80.8 cm³/mol. The lowest BCUT2D eigenvalue weighted by Gasteiger charge is -2.05. The molecule has 0 bridgehead atoms. The third-order valence-electron chi connectivity index (χ3n) is 3.84. The van der Waals surface area contributed by atoms with Crippen molar-refractivity contribution in [2.24, 2.45) is 0 Å². The summed E-state index contributed by atoms with van der Waals surface area (Å²) in [5.74, 6) is -0.0904. The van der Waals surface area contributed by atoms with Gasteiger partial charge in [-0.25, -0.2) is 9.59 Å². The molecule has 0 radical (unpaired) electrons. The lowest BCUT2D eigenvalue weighted by molar-refractivity contribution is 0.0706. The highest BCUT2D eigenvalue weighted by atomic mass is 16.5. The van der Waals surface area contributed by atoms with Crippen LogP contribution in [0.2, 0.25) is 0 Å². The summed E-state index contributed by atoms with van der Waals surface area (Å²) in [6, 6.07) is 10.8. The number of carbonyl (C=O) groups is 2. The van der Waals surface area contributed by atoms with Crippen molar-refractivity contribution in [3.8, 4) is 11.1 Å². The molecule has 22 heavy (non-hydrogen) atoms. The van der Waals surface area contributed by atoms with Crippen molar-refractivity contribution in [2.45, 2.75) is 0 Å². The minimum atomic E-state index is -0.407. The Morgan fingerprint density at radius 3 is 1.45 bits per heavy atom. The number of hydrogen-bond donors (Lipinski definition) is 0. The van der Waals surface area contributed by atoms with E-state index in [2.05, 4.69) is 13.2 Å². The number of esters is 2. The second kappa shape index (κ2) is 4.18. The van der Waals surface area contributed by atoms with Gasteiger partial charge in [0.15, 0.2) is 0 Å². The van der Waals surface area contributed by atoms with E-state index in [4.69, 9.17) is 9.47 Å².